The summed E-state index contributed by atoms with van der Waals surface area (Å²) < 4.78 is 31.0. The van der Waals surface area contributed by atoms with Crippen LogP contribution in [-0.2, 0) is 21.2 Å². The molecular formula is C8H14N4O3S. The van der Waals surface area contributed by atoms with Crippen LogP contribution in [0.4, 0.5) is 0 Å². The van der Waals surface area contributed by atoms with Crippen molar-refractivity contribution in [3.05, 3.63) is 6.20 Å². The van der Waals surface area contributed by atoms with Gasteiger partial charge in [-0.25, -0.2) is 18.8 Å². The lowest BCUT2D eigenvalue weighted by Gasteiger charge is -2.32. The van der Waals surface area contributed by atoms with Gasteiger partial charge in [0.25, 0.3) is 0 Å². The van der Waals surface area contributed by atoms with Crippen LogP contribution in [0.2, 0.25) is 0 Å². The molecule has 7 nitrogen and oxygen atoms in total. The highest BCUT2D eigenvalue weighted by atomic mass is 32.2. The first-order valence-corrected chi connectivity index (χ1v) is 6.28. The third-order valence-electron chi connectivity index (χ3n) is 2.58. The van der Waals surface area contributed by atoms with Crippen LogP contribution in [0.25, 0.3) is 0 Å². The van der Waals surface area contributed by atoms with Crippen molar-refractivity contribution in [3.8, 4) is 5.88 Å². The van der Waals surface area contributed by atoms with Crippen molar-refractivity contribution < 1.29 is 13.7 Å². The second-order valence-corrected chi connectivity index (χ2v) is 5.66. The molecule has 1 aromatic rings. The van der Waals surface area contributed by atoms with Crippen LogP contribution in [0.5, 0.6) is 5.88 Å². The molecule has 2 atom stereocenters. The molecule has 0 aromatic carbocycles. The van der Waals surface area contributed by atoms with Crippen LogP contribution >= 0.6 is 0 Å². The fourth-order valence-electron chi connectivity index (χ4n) is 1.53. The van der Waals surface area contributed by atoms with E-state index in [9.17, 15) is 4.21 Å². The van der Waals surface area contributed by atoms with Gasteiger partial charge < -0.3 is 9.47 Å². The Morgan fingerprint density at radius 1 is 1.81 bits per heavy atom. The van der Waals surface area contributed by atoms with Gasteiger partial charge in [-0.1, -0.05) is 0 Å². The summed E-state index contributed by atoms with van der Waals surface area (Å²) in [6, 6.07) is 0. The summed E-state index contributed by atoms with van der Waals surface area (Å²) in [5, 5.41) is 9.25. The van der Waals surface area contributed by atoms with Gasteiger partial charge >= 0.3 is 0 Å². The zero-order chi connectivity index (χ0) is 12.0. The number of nitrogens with one attached hydrogen (secondary N) is 1. The zero-order valence-corrected chi connectivity index (χ0v) is 9.91. The van der Waals surface area contributed by atoms with Crippen LogP contribution in [0, 0.1) is 4.78 Å². The number of hydrogen-bond acceptors (Lipinski definition) is 5. The molecule has 0 fully saturated rings. The predicted octanol–water partition coefficient (Wildman–Crippen LogP) is -0.0400. The summed E-state index contributed by atoms with van der Waals surface area (Å²) in [5.41, 5.74) is -0.464. The highest BCUT2D eigenvalue weighted by Gasteiger charge is 2.34. The molecule has 2 rings (SSSR count). The fraction of sp³-hybridized carbons (Fsp3) is 0.625. The molecule has 1 aliphatic heterocycles. The largest absolute Gasteiger partial charge is 0.474 e. The minimum Gasteiger partial charge on any atom is -0.474 e. The molecule has 0 saturated carbocycles. The number of fused-ring (bicyclic) bond motifs is 1. The van der Waals surface area contributed by atoms with E-state index in [0.717, 1.165) is 0 Å². The van der Waals surface area contributed by atoms with Gasteiger partial charge in [-0.05, 0) is 6.92 Å². The molecule has 1 aromatic heterocycles. The quantitative estimate of drug-likeness (QED) is 0.764. The fourth-order valence-corrected chi connectivity index (χ4v) is 2.16. The van der Waals surface area contributed by atoms with Gasteiger partial charge in [0.2, 0.25) is 5.88 Å². The Hall–Kier alpha value is -1.12. The molecule has 0 saturated heterocycles. The Bertz CT molecular complexity index is 509. The monoisotopic (exact) mass is 246 g/mol. The predicted molar refractivity (Wildman–Crippen MR) is 56.5 cm³/mol. The van der Waals surface area contributed by atoms with E-state index < -0.39 is 15.5 Å². The second-order valence-electron chi connectivity index (χ2n) is 4.01. The van der Waals surface area contributed by atoms with Gasteiger partial charge in [0.05, 0.1) is 12.7 Å². The molecule has 2 unspecified atom stereocenters. The maximum atomic E-state index is 11.4. The molecule has 0 spiro atoms. The molecule has 2 heterocycles. The number of aromatic nitrogens is 2. The number of ether oxygens (including phenoxy) is 2. The van der Waals surface area contributed by atoms with E-state index in [4.69, 9.17) is 19.4 Å². The van der Waals surface area contributed by atoms with Crippen LogP contribution in [0.1, 0.15) is 6.92 Å². The highest BCUT2D eigenvalue weighted by Crippen LogP contribution is 2.30. The molecule has 90 valence electrons. The number of methoxy groups -OCH3 is 1. The number of hydrogen-bond donors (Lipinski definition) is 2. The van der Waals surface area contributed by atoms with E-state index in [2.05, 4.69) is 5.10 Å². The van der Waals surface area contributed by atoms with Crippen molar-refractivity contribution in [3.63, 3.8) is 0 Å². The lowest BCUT2D eigenvalue weighted by Crippen LogP contribution is -2.43. The van der Waals surface area contributed by atoms with Crippen molar-refractivity contribution in [1.29, 1.82) is 4.78 Å². The van der Waals surface area contributed by atoms with Crippen LogP contribution < -0.4 is 9.88 Å². The topological polar surface area (TPSA) is 103 Å². The first-order valence-electron chi connectivity index (χ1n) is 4.66. The van der Waals surface area contributed by atoms with Gasteiger partial charge in [0, 0.05) is 7.11 Å². The number of nitrogens with zero attached hydrogens (tertiary/aromatic N) is 2. The molecule has 0 amide bonds. The summed E-state index contributed by atoms with van der Waals surface area (Å²) in [6.45, 7) is 2.68. The minimum absolute atomic E-state index is 0.130. The molecule has 3 N–H and O–H groups in total. The molecule has 16 heavy (non-hydrogen) atoms. The Kier molecular flexibility index (Phi) is 2.44. The van der Waals surface area contributed by atoms with Gasteiger partial charge in [0.1, 0.15) is 27.0 Å². The lowest BCUT2D eigenvalue weighted by molar-refractivity contribution is -0.0654. The SMILES string of the molecule is COC1(C)COc2c(S(=N)(N)=O)cnn2C1. The minimum atomic E-state index is -3.29. The summed E-state index contributed by atoms with van der Waals surface area (Å²) in [4.78, 5) is 0.130. The molecule has 0 radical (unpaired) electrons. The summed E-state index contributed by atoms with van der Waals surface area (Å²) >= 11 is 0. The van der Waals surface area contributed by atoms with Crippen molar-refractivity contribution in [2.24, 2.45) is 5.14 Å². The van der Waals surface area contributed by atoms with E-state index in [1.165, 1.54) is 10.9 Å². The van der Waals surface area contributed by atoms with Crippen molar-refractivity contribution in [1.82, 2.24) is 9.78 Å². The van der Waals surface area contributed by atoms with E-state index in [-0.39, 0.29) is 4.90 Å². The maximum Gasteiger partial charge on any atom is 0.231 e. The average Bonchev–Trinajstić information content (AvgIpc) is 2.59. The van der Waals surface area contributed by atoms with Crippen LogP contribution in [0.3, 0.4) is 0 Å². The molecule has 0 bridgehead atoms. The van der Waals surface area contributed by atoms with Crippen molar-refractivity contribution >= 4 is 9.92 Å². The molecule has 0 aliphatic carbocycles. The van der Waals surface area contributed by atoms with E-state index in [1.807, 2.05) is 6.92 Å². The van der Waals surface area contributed by atoms with Gasteiger partial charge in [-0.15, -0.1) is 0 Å². The van der Waals surface area contributed by atoms with E-state index in [0.29, 0.717) is 19.0 Å². The Balaban J connectivity index is 2.42. The Labute approximate surface area is 93.6 Å². The van der Waals surface area contributed by atoms with Gasteiger partial charge in [-0.3, -0.25) is 0 Å². The Morgan fingerprint density at radius 3 is 3.06 bits per heavy atom. The van der Waals surface area contributed by atoms with Crippen molar-refractivity contribution in [2.75, 3.05) is 13.7 Å². The standard InChI is InChI=1S/C8H14N4O3S/c1-8(14-2)4-12-7(15-5-8)6(3-11-12)16(9,10)13/h3H,4-5H2,1-2H3,(H3,9,10,13). The van der Waals surface area contributed by atoms with Gasteiger partial charge in [-0.2, -0.15) is 5.10 Å². The Morgan fingerprint density at radius 2 is 2.50 bits per heavy atom. The molecule has 1 aliphatic rings. The summed E-state index contributed by atoms with van der Waals surface area (Å²) in [7, 11) is -1.70. The zero-order valence-electron chi connectivity index (χ0n) is 9.10. The van der Waals surface area contributed by atoms with Crippen molar-refractivity contribution in [2.45, 2.75) is 24.0 Å². The van der Waals surface area contributed by atoms with E-state index in [1.54, 1.807) is 7.11 Å². The first kappa shape index (κ1) is 11.4. The molecular weight excluding hydrogens is 232 g/mol. The third kappa shape index (κ3) is 1.79. The van der Waals surface area contributed by atoms with Gasteiger partial charge in [0.15, 0.2) is 0 Å². The average molecular weight is 246 g/mol. The summed E-state index contributed by atoms with van der Waals surface area (Å²) in [6.07, 6.45) is 1.31. The number of nitrogens with two attached hydrogens (primary N) is 1. The smallest absolute Gasteiger partial charge is 0.231 e. The van der Waals surface area contributed by atoms with Crippen LogP contribution in [-0.4, -0.2) is 33.3 Å². The first-order chi connectivity index (χ1) is 7.36. The summed E-state index contributed by atoms with van der Waals surface area (Å²) in [5.74, 6) is 0.303. The molecule has 8 heteroatoms. The highest BCUT2D eigenvalue weighted by molar-refractivity contribution is 7.90. The van der Waals surface area contributed by atoms with Crippen LogP contribution in [0.15, 0.2) is 11.1 Å². The second kappa shape index (κ2) is 3.44. The normalized spacial score (nSPS) is 27.9. The third-order valence-corrected chi connectivity index (χ3v) is 3.51. The lowest BCUT2D eigenvalue weighted by atomic mass is 10.1. The number of rotatable bonds is 2. The maximum absolute atomic E-state index is 11.4. The van der Waals surface area contributed by atoms with E-state index >= 15 is 0 Å².